The number of alkyl halides is 1. The lowest BCUT2D eigenvalue weighted by Crippen LogP contribution is -2.48. The average molecular weight is 493 g/mol. The smallest absolute Gasteiger partial charge is 0.262 e. The van der Waals surface area contributed by atoms with Crippen LogP contribution in [0.3, 0.4) is 0 Å². The van der Waals surface area contributed by atoms with Crippen LogP contribution in [0.4, 0.5) is 10.1 Å². The van der Waals surface area contributed by atoms with Gasteiger partial charge >= 0.3 is 0 Å². The minimum Gasteiger partial charge on any atom is -0.376 e. The van der Waals surface area contributed by atoms with Crippen molar-refractivity contribution < 1.29 is 14.0 Å². The maximum Gasteiger partial charge on any atom is 0.262 e. The molecule has 9 heteroatoms. The highest BCUT2D eigenvalue weighted by Gasteiger charge is 2.40. The number of carbonyl (C=O) groups excluding carboxylic acids is 2. The number of hydrogen-bond donors (Lipinski definition) is 3. The fourth-order valence-corrected chi connectivity index (χ4v) is 5.37. The second-order valence-electron chi connectivity index (χ2n) is 9.13. The summed E-state index contributed by atoms with van der Waals surface area (Å²) in [7, 11) is 0. The maximum absolute atomic E-state index is 13.3. The Morgan fingerprint density at radius 2 is 2.03 bits per heavy atom. The molecule has 2 aromatic rings. The number of thiophene rings is 1. The van der Waals surface area contributed by atoms with E-state index in [2.05, 4.69) is 20.9 Å². The fourth-order valence-electron chi connectivity index (χ4n) is 4.30. The number of rotatable bonds is 9. The van der Waals surface area contributed by atoms with E-state index in [1.54, 1.807) is 12.3 Å². The molecule has 178 valence electrons. The van der Waals surface area contributed by atoms with E-state index in [1.807, 2.05) is 26.0 Å². The Morgan fingerprint density at radius 1 is 1.30 bits per heavy atom. The fraction of sp³-hybridized carbons (Fsp3) is 0.542. The van der Waals surface area contributed by atoms with Crippen molar-refractivity contribution in [2.24, 2.45) is 5.92 Å². The Morgan fingerprint density at radius 3 is 2.73 bits per heavy atom. The molecule has 0 radical (unpaired) electrons. The van der Waals surface area contributed by atoms with Crippen molar-refractivity contribution in [2.45, 2.75) is 76.7 Å². The molecule has 4 rings (SSSR count). The summed E-state index contributed by atoms with van der Waals surface area (Å²) in [4.78, 5) is 31.5. The van der Waals surface area contributed by atoms with Crippen molar-refractivity contribution in [3.8, 4) is 0 Å². The molecule has 2 fully saturated rings. The summed E-state index contributed by atoms with van der Waals surface area (Å²) in [6.07, 6.45) is 6.04. The van der Waals surface area contributed by atoms with Gasteiger partial charge in [0.2, 0.25) is 5.91 Å². The number of nitrogens with one attached hydrogen (secondary N) is 3. The van der Waals surface area contributed by atoms with Crippen molar-refractivity contribution in [2.75, 3.05) is 5.32 Å². The molecule has 3 N–H and O–H groups in total. The van der Waals surface area contributed by atoms with E-state index in [0.29, 0.717) is 28.7 Å². The first kappa shape index (κ1) is 24.0. The zero-order valence-electron chi connectivity index (χ0n) is 18.9. The molecular formula is C24H30ClFN4O2S. The van der Waals surface area contributed by atoms with E-state index in [0.717, 1.165) is 41.9 Å². The lowest BCUT2D eigenvalue weighted by atomic mass is 9.97. The van der Waals surface area contributed by atoms with Crippen LogP contribution in [0.2, 0.25) is 5.02 Å². The van der Waals surface area contributed by atoms with Gasteiger partial charge in [-0.15, -0.1) is 11.3 Å². The van der Waals surface area contributed by atoms with Crippen LogP contribution in [0.15, 0.2) is 24.4 Å². The Bertz CT molecular complexity index is 1010. The van der Waals surface area contributed by atoms with Crippen LogP contribution in [-0.2, 0) is 4.79 Å². The topological polar surface area (TPSA) is 83.1 Å². The van der Waals surface area contributed by atoms with Gasteiger partial charge in [0.25, 0.3) is 5.91 Å². The van der Waals surface area contributed by atoms with E-state index in [-0.39, 0.29) is 17.9 Å². The van der Waals surface area contributed by atoms with Gasteiger partial charge in [-0.1, -0.05) is 37.3 Å². The van der Waals surface area contributed by atoms with Crippen molar-refractivity contribution in [1.29, 1.82) is 0 Å². The number of halogens is 2. The molecule has 2 saturated carbocycles. The summed E-state index contributed by atoms with van der Waals surface area (Å²) >= 11 is 7.45. The van der Waals surface area contributed by atoms with Gasteiger partial charge < -0.3 is 16.0 Å². The molecule has 0 aliphatic heterocycles. The predicted molar refractivity (Wildman–Crippen MR) is 130 cm³/mol. The van der Waals surface area contributed by atoms with Crippen molar-refractivity contribution in [1.82, 2.24) is 15.6 Å². The lowest BCUT2D eigenvalue weighted by Gasteiger charge is -2.21. The lowest BCUT2D eigenvalue weighted by molar-refractivity contribution is -0.123. The van der Waals surface area contributed by atoms with Gasteiger partial charge in [0.15, 0.2) is 0 Å². The third kappa shape index (κ3) is 6.23. The van der Waals surface area contributed by atoms with Gasteiger partial charge in [-0.25, -0.2) is 4.39 Å². The highest BCUT2D eigenvalue weighted by molar-refractivity contribution is 7.14. The third-order valence-electron chi connectivity index (χ3n) is 6.41. The predicted octanol–water partition coefficient (Wildman–Crippen LogP) is 5.18. The minimum atomic E-state index is -0.969. The van der Waals surface area contributed by atoms with Gasteiger partial charge in [0.1, 0.15) is 12.2 Å². The number of hydrogen-bond acceptors (Lipinski definition) is 5. The van der Waals surface area contributed by atoms with Crippen LogP contribution >= 0.6 is 22.9 Å². The molecule has 0 unspecified atom stereocenters. The monoisotopic (exact) mass is 492 g/mol. The highest BCUT2D eigenvalue weighted by Crippen LogP contribution is 2.31. The van der Waals surface area contributed by atoms with E-state index >= 15 is 0 Å². The average Bonchev–Trinajstić information content (AvgIpc) is 3.21. The molecule has 4 atom stereocenters. The SMILES string of the molecule is Cc1ncc(Cl)cc1N[C@@H](C)c1ccc(C(=O)N[C@@H](CC2CCCC2)C(=O)N[C@@H]2C[C@@H]2F)s1. The van der Waals surface area contributed by atoms with Crippen LogP contribution in [0, 0.1) is 12.8 Å². The van der Waals surface area contributed by atoms with Crippen LogP contribution < -0.4 is 16.0 Å². The van der Waals surface area contributed by atoms with E-state index < -0.39 is 18.3 Å². The van der Waals surface area contributed by atoms with Gasteiger partial charge in [-0.3, -0.25) is 14.6 Å². The quantitative estimate of drug-likeness (QED) is 0.450. The zero-order valence-corrected chi connectivity index (χ0v) is 20.4. The zero-order chi connectivity index (χ0) is 23.5. The van der Waals surface area contributed by atoms with Crippen molar-refractivity contribution in [3.05, 3.63) is 44.9 Å². The third-order valence-corrected chi connectivity index (χ3v) is 7.88. The Balaban J connectivity index is 1.40. The normalized spacial score (nSPS) is 21.9. The summed E-state index contributed by atoms with van der Waals surface area (Å²) < 4.78 is 13.3. The first-order chi connectivity index (χ1) is 15.8. The summed E-state index contributed by atoms with van der Waals surface area (Å²) in [6.45, 7) is 3.91. The van der Waals surface area contributed by atoms with Crippen LogP contribution in [0.1, 0.15) is 71.7 Å². The molecule has 0 bridgehead atoms. The summed E-state index contributed by atoms with van der Waals surface area (Å²) in [5, 5.41) is 9.60. The number of amides is 2. The van der Waals surface area contributed by atoms with Gasteiger partial charge in [-0.05, 0) is 44.4 Å². The van der Waals surface area contributed by atoms with Gasteiger partial charge in [0, 0.05) is 17.5 Å². The number of aromatic nitrogens is 1. The number of nitrogens with zero attached hydrogens (tertiary/aromatic N) is 1. The van der Waals surface area contributed by atoms with Crippen molar-refractivity contribution in [3.63, 3.8) is 0 Å². The maximum atomic E-state index is 13.3. The Hall–Kier alpha value is -2.19. The largest absolute Gasteiger partial charge is 0.376 e. The molecule has 0 saturated heterocycles. The van der Waals surface area contributed by atoms with Gasteiger partial charge in [0.05, 0.1) is 33.4 Å². The first-order valence-corrected chi connectivity index (χ1v) is 12.7. The molecule has 2 heterocycles. The van der Waals surface area contributed by atoms with Crippen LogP contribution in [-0.4, -0.2) is 35.1 Å². The summed E-state index contributed by atoms with van der Waals surface area (Å²) in [5.74, 6) is -0.139. The van der Waals surface area contributed by atoms with E-state index in [9.17, 15) is 14.0 Å². The molecule has 2 aliphatic rings. The van der Waals surface area contributed by atoms with E-state index in [1.165, 1.54) is 11.3 Å². The number of pyridine rings is 1. The highest BCUT2D eigenvalue weighted by atomic mass is 35.5. The molecule has 33 heavy (non-hydrogen) atoms. The number of carbonyl (C=O) groups is 2. The van der Waals surface area contributed by atoms with Crippen molar-refractivity contribution >= 4 is 40.4 Å². The molecule has 6 nitrogen and oxygen atoms in total. The summed E-state index contributed by atoms with van der Waals surface area (Å²) in [5.41, 5.74) is 1.68. The number of aryl methyl sites for hydroxylation is 1. The molecule has 0 spiro atoms. The van der Waals surface area contributed by atoms with Crippen LogP contribution in [0.5, 0.6) is 0 Å². The minimum absolute atomic E-state index is 0.0514. The van der Waals surface area contributed by atoms with Gasteiger partial charge in [-0.2, -0.15) is 0 Å². The summed E-state index contributed by atoms with van der Waals surface area (Å²) in [6, 6.07) is 4.41. The molecule has 2 aliphatic carbocycles. The Kier molecular flexibility index (Phi) is 7.54. The number of anilines is 1. The second kappa shape index (κ2) is 10.4. The van der Waals surface area contributed by atoms with E-state index in [4.69, 9.17) is 11.6 Å². The molecule has 2 aromatic heterocycles. The molecule has 2 amide bonds. The Labute approximate surface area is 202 Å². The molecular weight excluding hydrogens is 463 g/mol. The standard InChI is InChI=1S/C24H30ClFN4O2S/c1-13-18(10-16(25)12-27-13)28-14(2)21-7-8-22(33-21)24(32)30-20(9-15-5-3-4-6-15)23(31)29-19-11-17(19)26/h7-8,10,12,14-15,17,19-20,28H,3-6,9,11H2,1-2H3,(H,29,31)(H,30,32)/t14-,17-,19+,20-/m0/s1. The second-order valence-corrected chi connectivity index (χ2v) is 10.7. The van der Waals surface area contributed by atoms with Crippen LogP contribution in [0.25, 0.3) is 0 Å². The molecule has 0 aromatic carbocycles. The first-order valence-electron chi connectivity index (χ1n) is 11.5.